The Kier molecular flexibility index (Phi) is 6.82. The Morgan fingerprint density at radius 3 is 2.65 bits per heavy atom. The standard InChI is InChI=1S/C21H12Cl2N4O4/c22-18-6-4-14(10-19(18)23)21(28)26-25-12-13-2-1-3-17(8-13)31-20-7-5-16(27(29)30)9-15(20)11-24/h1-10,12H,(H,26,28)/b25-12-. The molecule has 0 saturated heterocycles. The Bertz CT molecular complexity index is 1240. The number of amides is 1. The van der Waals surface area contributed by atoms with Crippen molar-refractivity contribution in [2.45, 2.75) is 0 Å². The summed E-state index contributed by atoms with van der Waals surface area (Å²) in [6.07, 6.45) is 1.41. The number of hydrazone groups is 1. The first-order valence-electron chi connectivity index (χ1n) is 8.62. The number of halogens is 2. The van der Waals surface area contributed by atoms with Crippen LogP contribution in [0.15, 0.2) is 65.8 Å². The first-order chi connectivity index (χ1) is 14.9. The molecule has 3 aromatic carbocycles. The van der Waals surface area contributed by atoms with Gasteiger partial charge < -0.3 is 4.74 Å². The second-order valence-corrected chi connectivity index (χ2v) is 6.87. The maximum absolute atomic E-state index is 12.1. The molecule has 0 fully saturated rings. The number of carbonyl (C=O) groups excluding carboxylic acids is 1. The molecule has 10 heteroatoms. The highest BCUT2D eigenvalue weighted by Crippen LogP contribution is 2.28. The van der Waals surface area contributed by atoms with Gasteiger partial charge in [0.1, 0.15) is 23.1 Å². The van der Waals surface area contributed by atoms with Crippen LogP contribution in [0.5, 0.6) is 11.5 Å². The highest BCUT2D eigenvalue weighted by Gasteiger charge is 2.12. The van der Waals surface area contributed by atoms with Gasteiger partial charge in [-0.25, -0.2) is 5.43 Å². The minimum atomic E-state index is -0.589. The molecule has 0 aliphatic rings. The highest BCUT2D eigenvalue weighted by molar-refractivity contribution is 6.42. The summed E-state index contributed by atoms with van der Waals surface area (Å²) in [5.41, 5.74) is 3.10. The topological polar surface area (TPSA) is 118 Å². The van der Waals surface area contributed by atoms with Gasteiger partial charge in [0, 0.05) is 17.7 Å². The van der Waals surface area contributed by atoms with E-state index < -0.39 is 10.8 Å². The zero-order chi connectivity index (χ0) is 22.4. The average molecular weight is 455 g/mol. The quantitative estimate of drug-likeness (QED) is 0.306. The van der Waals surface area contributed by atoms with Crippen LogP contribution in [0.3, 0.4) is 0 Å². The maximum Gasteiger partial charge on any atom is 0.271 e. The molecule has 0 unspecified atom stereocenters. The first kappa shape index (κ1) is 21.8. The molecule has 1 amide bonds. The smallest absolute Gasteiger partial charge is 0.271 e. The fourth-order valence-corrected chi connectivity index (χ4v) is 2.76. The van der Waals surface area contributed by atoms with Crippen molar-refractivity contribution in [2.24, 2.45) is 5.10 Å². The second-order valence-electron chi connectivity index (χ2n) is 6.05. The Balaban J connectivity index is 1.70. The third kappa shape index (κ3) is 5.57. The van der Waals surface area contributed by atoms with Gasteiger partial charge in [-0.3, -0.25) is 14.9 Å². The summed E-state index contributed by atoms with van der Waals surface area (Å²) in [6, 6.07) is 16.8. The van der Waals surface area contributed by atoms with Crippen LogP contribution in [-0.4, -0.2) is 17.0 Å². The van der Waals surface area contributed by atoms with Crippen molar-refractivity contribution in [1.29, 1.82) is 5.26 Å². The Morgan fingerprint density at radius 1 is 1.13 bits per heavy atom. The molecular formula is C21H12Cl2N4O4. The SMILES string of the molecule is N#Cc1cc([N+](=O)[O-])ccc1Oc1cccc(/C=N\NC(=O)c2ccc(Cl)c(Cl)c2)c1. The molecule has 0 atom stereocenters. The number of hydrogen-bond donors (Lipinski definition) is 1. The van der Waals surface area contributed by atoms with Crippen LogP contribution in [0.1, 0.15) is 21.5 Å². The lowest BCUT2D eigenvalue weighted by Crippen LogP contribution is -2.17. The number of nitro benzene ring substituents is 1. The van der Waals surface area contributed by atoms with Crippen LogP contribution in [-0.2, 0) is 0 Å². The average Bonchev–Trinajstić information content (AvgIpc) is 2.76. The lowest BCUT2D eigenvalue weighted by Gasteiger charge is -2.08. The van der Waals surface area contributed by atoms with E-state index in [0.29, 0.717) is 21.9 Å². The van der Waals surface area contributed by atoms with Gasteiger partial charge in [-0.2, -0.15) is 10.4 Å². The normalized spacial score (nSPS) is 10.5. The highest BCUT2D eigenvalue weighted by atomic mass is 35.5. The molecule has 0 saturated carbocycles. The molecule has 3 aromatic rings. The molecule has 0 aliphatic heterocycles. The molecule has 1 N–H and O–H groups in total. The van der Waals surface area contributed by atoms with Crippen molar-refractivity contribution in [3.8, 4) is 17.6 Å². The summed E-state index contributed by atoms with van der Waals surface area (Å²) in [5.74, 6) is 0.0898. The number of nitrogens with one attached hydrogen (secondary N) is 1. The van der Waals surface area contributed by atoms with Crippen LogP contribution in [0.2, 0.25) is 10.0 Å². The number of carbonyl (C=O) groups is 1. The molecule has 0 aliphatic carbocycles. The number of nitro groups is 1. The van der Waals surface area contributed by atoms with Crippen molar-refractivity contribution in [1.82, 2.24) is 5.43 Å². The minimum absolute atomic E-state index is 0.0298. The van der Waals surface area contributed by atoms with E-state index in [-0.39, 0.29) is 22.0 Å². The number of hydrogen-bond acceptors (Lipinski definition) is 6. The number of rotatable bonds is 6. The predicted octanol–water partition coefficient (Wildman–Crippen LogP) is 5.33. The van der Waals surface area contributed by atoms with Gasteiger partial charge in [0.05, 0.1) is 21.2 Å². The second kappa shape index (κ2) is 9.71. The summed E-state index contributed by atoms with van der Waals surface area (Å²) >= 11 is 11.7. The molecule has 0 radical (unpaired) electrons. The lowest BCUT2D eigenvalue weighted by atomic mass is 10.2. The maximum atomic E-state index is 12.1. The van der Waals surface area contributed by atoms with E-state index >= 15 is 0 Å². The van der Waals surface area contributed by atoms with Gasteiger partial charge in [0.2, 0.25) is 0 Å². The lowest BCUT2D eigenvalue weighted by molar-refractivity contribution is -0.384. The van der Waals surface area contributed by atoms with E-state index in [1.807, 2.05) is 6.07 Å². The first-order valence-corrected chi connectivity index (χ1v) is 9.38. The van der Waals surface area contributed by atoms with Crippen LogP contribution in [0, 0.1) is 21.4 Å². The van der Waals surface area contributed by atoms with Crippen molar-refractivity contribution < 1.29 is 14.5 Å². The summed E-state index contributed by atoms with van der Waals surface area (Å²) in [6.45, 7) is 0. The van der Waals surface area contributed by atoms with E-state index in [1.165, 1.54) is 36.5 Å². The summed E-state index contributed by atoms with van der Waals surface area (Å²) in [4.78, 5) is 22.4. The molecule has 0 heterocycles. The van der Waals surface area contributed by atoms with E-state index in [0.717, 1.165) is 6.07 Å². The number of benzene rings is 3. The zero-order valence-electron chi connectivity index (χ0n) is 15.6. The Labute approximate surface area is 186 Å². The van der Waals surface area contributed by atoms with Crippen LogP contribution >= 0.6 is 23.2 Å². The number of nitrogens with zero attached hydrogens (tertiary/aromatic N) is 3. The van der Waals surface area contributed by atoms with Crippen LogP contribution in [0.4, 0.5) is 5.69 Å². The van der Waals surface area contributed by atoms with Gasteiger partial charge in [-0.05, 0) is 42.0 Å². The third-order valence-electron chi connectivity index (χ3n) is 3.94. The minimum Gasteiger partial charge on any atom is -0.456 e. The van der Waals surface area contributed by atoms with Crippen LogP contribution < -0.4 is 10.2 Å². The van der Waals surface area contributed by atoms with Gasteiger partial charge in [-0.1, -0.05) is 35.3 Å². The molecule has 31 heavy (non-hydrogen) atoms. The molecular weight excluding hydrogens is 443 g/mol. The van der Waals surface area contributed by atoms with Gasteiger partial charge in [0.15, 0.2) is 0 Å². The van der Waals surface area contributed by atoms with Crippen molar-refractivity contribution in [2.75, 3.05) is 0 Å². The monoisotopic (exact) mass is 454 g/mol. The van der Waals surface area contributed by atoms with E-state index in [1.54, 1.807) is 24.3 Å². The summed E-state index contributed by atoms with van der Waals surface area (Å²) in [7, 11) is 0. The van der Waals surface area contributed by atoms with Crippen molar-refractivity contribution in [3.05, 3.63) is 97.5 Å². The van der Waals surface area contributed by atoms with Crippen molar-refractivity contribution >= 4 is 41.0 Å². The Morgan fingerprint density at radius 2 is 1.94 bits per heavy atom. The predicted molar refractivity (Wildman–Crippen MR) is 116 cm³/mol. The largest absolute Gasteiger partial charge is 0.456 e. The zero-order valence-corrected chi connectivity index (χ0v) is 17.1. The number of ether oxygens (including phenoxy) is 1. The summed E-state index contributed by atoms with van der Waals surface area (Å²) < 4.78 is 5.68. The molecule has 0 spiro atoms. The number of nitriles is 1. The Hall–Kier alpha value is -3.93. The van der Waals surface area contributed by atoms with Crippen LogP contribution in [0.25, 0.3) is 0 Å². The molecule has 3 rings (SSSR count). The van der Waals surface area contributed by atoms with Gasteiger partial charge in [-0.15, -0.1) is 0 Å². The summed E-state index contributed by atoms with van der Waals surface area (Å²) in [5, 5.41) is 24.6. The molecule has 0 aromatic heterocycles. The van der Waals surface area contributed by atoms with E-state index in [2.05, 4.69) is 10.5 Å². The van der Waals surface area contributed by atoms with Gasteiger partial charge in [0.25, 0.3) is 11.6 Å². The number of non-ortho nitro benzene ring substituents is 1. The van der Waals surface area contributed by atoms with E-state index in [4.69, 9.17) is 27.9 Å². The van der Waals surface area contributed by atoms with Gasteiger partial charge >= 0.3 is 0 Å². The molecule has 0 bridgehead atoms. The fraction of sp³-hybridized carbons (Fsp3) is 0. The van der Waals surface area contributed by atoms with Crippen molar-refractivity contribution in [3.63, 3.8) is 0 Å². The third-order valence-corrected chi connectivity index (χ3v) is 4.68. The molecule has 8 nitrogen and oxygen atoms in total. The fourth-order valence-electron chi connectivity index (χ4n) is 2.46. The molecule has 154 valence electrons. The van der Waals surface area contributed by atoms with E-state index in [9.17, 15) is 20.2 Å².